The van der Waals surface area contributed by atoms with Gasteiger partial charge in [-0.15, -0.1) is 0 Å². The second-order valence-electron chi connectivity index (χ2n) is 6.67. The van der Waals surface area contributed by atoms with Crippen LogP contribution >= 0.6 is 0 Å². The first-order valence-electron chi connectivity index (χ1n) is 9.13. The fraction of sp³-hybridized carbons (Fsp3) is 0.167. The van der Waals surface area contributed by atoms with Crippen molar-refractivity contribution in [1.29, 1.82) is 0 Å². The van der Waals surface area contributed by atoms with Crippen LogP contribution < -0.4 is 0 Å². The van der Waals surface area contributed by atoms with Crippen LogP contribution in [0.3, 0.4) is 0 Å². The lowest BCUT2D eigenvalue weighted by molar-refractivity contribution is 0.464. The predicted molar refractivity (Wildman–Crippen MR) is 109 cm³/mol. The summed E-state index contributed by atoms with van der Waals surface area (Å²) < 4.78 is 0. The number of hydrogen-bond acceptors (Lipinski definition) is 2. The average molecular weight is 342 g/mol. The zero-order chi connectivity index (χ0) is 18.3. The van der Waals surface area contributed by atoms with Crippen LogP contribution in [0.2, 0.25) is 0 Å². The Morgan fingerprint density at radius 3 is 1.38 bits per heavy atom. The van der Waals surface area contributed by atoms with E-state index in [0.29, 0.717) is 0 Å². The molecule has 0 saturated heterocycles. The third kappa shape index (κ3) is 2.41. The quantitative estimate of drug-likeness (QED) is 0.465. The lowest BCUT2D eigenvalue weighted by Crippen LogP contribution is -1.93. The Morgan fingerprint density at radius 2 is 1.00 bits per heavy atom. The predicted octanol–water partition coefficient (Wildman–Crippen LogP) is 6.20. The van der Waals surface area contributed by atoms with Crippen molar-refractivity contribution in [1.82, 2.24) is 0 Å². The van der Waals surface area contributed by atoms with Gasteiger partial charge in [0, 0.05) is 11.1 Å². The first kappa shape index (κ1) is 16.5. The largest absolute Gasteiger partial charge is 0.507 e. The number of fused-ring (bicyclic) bond motifs is 2. The highest BCUT2D eigenvalue weighted by Gasteiger charge is 2.20. The molecule has 2 heteroatoms. The van der Waals surface area contributed by atoms with Crippen LogP contribution in [0.15, 0.2) is 60.7 Å². The highest BCUT2D eigenvalue weighted by atomic mass is 16.3. The van der Waals surface area contributed by atoms with Crippen LogP contribution in [-0.2, 0) is 12.8 Å². The minimum absolute atomic E-state index is 0.264. The lowest BCUT2D eigenvalue weighted by Gasteiger charge is -2.18. The highest BCUT2D eigenvalue weighted by Crippen LogP contribution is 2.47. The third-order valence-corrected chi connectivity index (χ3v) is 5.21. The highest BCUT2D eigenvalue weighted by molar-refractivity contribution is 6.10. The zero-order valence-electron chi connectivity index (χ0n) is 15.1. The molecule has 0 aromatic heterocycles. The molecule has 4 aromatic rings. The van der Waals surface area contributed by atoms with Gasteiger partial charge in [-0.3, -0.25) is 0 Å². The van der Waals surface area contributed by atoms with Gasteiger partial charge < -0.3 is 10.2 Å². The Bertz CT molecular complexity index is 1030. The summed E-state index contributed by atoms with van der Waals surface area (Å²) in [7, 11) is 0. The van der Waals surface area contributed by atoms with Crippen molar-refractivity contribution in [3.63, 3.8) is 0 Å². The second-order valence-corrected chi connectivity index (χ2v) is 6.67. The summed E-state index contributed by atoms with van der Waals surface area (Å²) >= 11 is 0. The fourth-order valence-electron chi connectivity index (χ4n) is 3.83. The van der Waals surface area contributed by atoms with Gasteiger partial charge in [0.2, 0.25) is 0 Å². The summed E-state index contributed by atoms with van der Waals surface area (Å²) in [5.74, 6) is 0.528. The van der Waals surface area contributed by atoms with Gasteiger partial charge in [-0.25, -0.2) is 0 Å². The maximum absolute atomic E-state index is 11.1. The fourth-order valence-corrected chi connectivity index (χ4v) is 3.83. The van der Waals surface area contributed by atoms with Gasteiger partial charge in [0.05, 0.1) is 0 Å². The molecule has 0 aliphatic heterocycles. The number of hydrogen-bond donors (Lipinski definition) is 2. The van der Waals surface area contributed by atoms with Crippen LogP contribution in [0.1, 0.15) is 25.0 Å². The molecule has 0 radical (unpaired) electrons. The molecule has 4 rings (SSSR count). The third-order valence-electron chi connectivity index (χ3n) is 5.21. The number of rotatable bonds is 3. The van der Waals surface area contributed by atoms with Gasteiger partial charge >= 0.3 is 0 Å². The molecule has 130 valence electrons. The van der Waals surface area contributed by atoms with E-state index in [1.807, 2.05) is 62.4 Å². The smallest absolute Gasteiger partial charge is 0.127 e. The molecule has 2 N–H and O–H groups in total. The Hall–Kier alpha value is -3.00. The van der Waals surface area contributed by atoms with Crippen molar-refractivity contribution in [2.75, 3.05) is 0 Å². The van der Waals surface area contributed by atoms with Gasteiger partial charge in [-0.2, -0.15) is 0 Å². The van der Waals surface area contributed by atoms with E-state index >= 15 is 0 Å². The molecule has 0 heterocycles. The number of phenols is 2. The molecule has 0 bridgehead atoms. The van der Waals surface area contributed by atoms with E-state index in [1.54, 1.807) is 0 Å². The Balaban J connectivity index is 2.24. The van der Waals surface area contributed by atoms with Crippen molar-refractivity contribution in [2.45, 2.75) is 26.7 Å². The topological polar surface area (TPSA) is 40.5 Å². The van der Waals surface area contributed by atoms with E-state index in [-0.39, 0.29) is 11.5 Å². The normalized spacial score (nSPS) is 11.3. The number of aryl methyl sites for hydroxylation is 2. The standard InChI is InChI=1S/C24H22O2/c1-3-15-13-17-9-5-7-11-19(17)21(23(15)25)22-20-12-8-6-10-18(20)14-16(4-2)24(22)26/h5-14,25-26H,3-4H2,1-2H3. The minimum Gasteiger partial charge on any atom is -0.507 e. The Morgan fingerprint density at radius 1 is 0.615 bits per heavy atom. The molecular weight excluding hydrogens is 320 g/mol. The van der Waals surface area contributed by atoms with E-state index in [9.17, 15) is 10.2 Å². The van der Waals surface area contributed by atoms with E-state index in [4.69, 9.17) is 0 Å². The molecular formula is C24H22O2. The Kier molecular flexibility index (Phi) is 4.04. The SMILES string of the molecule is CCc1cc2ccccc2c(-c2c(O)c(CC)cc3ccccc23)c1O. The first-order chi connectivity index (χ1) is 12.7. The number of benzene rings is 4. The second kappa shape index (κ2) is 6.38. The summed E-state index contributed by atoms with van der Waals surface area (Å²) in [6.07, 6.45) is 1.46. The van der Waals surface area contributed by atoms with E-state index in [1.165, 1.54) is 0 Å². The van der Waals surface area contributed by atoms with Gasteiger partial charge in [0.1, 0.15) is 11.5 Å². The van der Waals surface area contributed by atoms with Gasteiger partial charge in [0.25, 0.3) is 0 Å². The van der Waals surface area contributed by atoms with Crippen molar-refractivity contribution >= 4 is 21.5 Å². The molecule has 0 atom stereocenters. The molecule has 0 saturated carbocycles. The van der Waals surface area contributed by atoms with Gasteiger partial charge in [0.15, 0.2) is 0 Å². The monoisotopic (exact) mass is 342 g/mol. The minimum atomic E-state index is 0.264. The molecule has 0 spiro atoms. The molecule has 26 heavy (non-hydrogen) atoms. The van der Waals surface area contributed by atoms with E-state index in [2.05, 4.69) is 12.1 Å². The van der Waals surface area contributed by atoms with Crippen LogP contribution in [0.4, 0.5) is 0 Å². The maximum Gasteiger partial charge on any atom is 0.127 e. The van der Waals surface area contributed by atoms with Crippen molar-refractivity contribution in [3.05, 3.63) is 71.8 Å². The number of aromatic hydroxyl groups is 2. The van der Waals surface area contributed by atoms with Gasteiger partial charge in [-0.05, 0) is 57.6 Å². The lowest BCUT2D eigenvalue weighted by atomic mass is 9.88. The van der Waals surface area contributed by atoms with Crippen LogP contribution in [-0.4, -0.2) is 10.2 Å². The molecule has 0 aliphatic carbocycles. The summed E-state index contributed by atoms with van der Waals surface area (Å²) in [5, 5.41) is 26.2. The first-order valence-corrected chi connectivity index (χ1v) is 9.13. The van der Waals surface area contributed by atoms with Crippen LogP contribution in [0.25, 0.3) is 32.7 Å². The summed E-state index contributed by atoms with van der Waals surface area (Å²) in [6, 6.07) is 20.2. The van der Waals surface area contributed by atoms with Crippen molar-refractivity contribution in [2.24, 2.45) is 0 Å². The van der Waals surface area contributed by atoms with Crippen LogP contribution in [0.5, 0.6) is 11.5 Å². The average Bonchev–Trinajstić information content (AvgIpc) is 2.68. The maximum atomic E-state index is 11.1. The molecule has 0 unspecified atom stereocenters. The van der Waals surface area contributed by atoms with E-state index < -0.39 is 0 Å². The summed E-state index contributed by atoms with van der Waals surface area (Å²) in [6.45, 7) is 4.07. The summed E-state index contributed by atoms with van der Waals surface area (Å²) in [4.78, 5) is 0. The number of phenolic OH excluding ortho intramolecular Hbond substituents is 2. The van der Waals surface area contributed by atoms with Crippen molar-refractivity contribution < 1.29 is 10.2 Å². The van der Waals surface area contributed by atoms with E-state index in [0.717, 1.165) is 56.6 Å². The molecule has 0 amide bonds. The van der Waals surface area contributed by atoms with Gasteiger partial charge in [-0.1, -0.05) is 62.4 Å². The van der Waals surface area contributed by atoms with Crippen molar-refractivity contribution in [3.8, 4) is 22.6 Å². The molecule has 0 aliphatic rings. The molecule has 4 aromatic carbocycles. The Labute approximate surface area is 153 Å². The molecule has 0 fully saturated rings. The zero-order valence-corrected chi connectivity index (χ0v) is 15.1. The summed E-state index contributed by atoms with van der Waals surface area (Å²) in [5.41, 5.74) is 3.24. The molecule has 2 nitrogen and oxygen atoms in total. The van der Waals surface area contributed by atoms with Crippen LogP contribution in [0, 0.1) is 0 Å².